The Hall–Kier alpha value is -1.44. The van der Waals surface area contributed by atoms with Crippen LogP contribution in [-0.2, 0) is 11.4 Å². The number of halogens is 2. The molecule has 8 heteroatoms. The molecule has 0 spiro atoms. The molecule has 0 amide bonds. The Labute approximate surface area is 204 Å². The normalized spacial score (nSPS) is 17.1. The Kier molecular flexibility index (Phi) is 8.75. The highest BCUT2D eigenvalue weighted by molar-refractivity contribution is 7.90. The van der Waals surface area contributed by atoms with Crippen molar-refractivity contribution in [3.05, 3.63) is 64.8 Å². The maximum Gasteiger partial charge on any atom is 0.136 e. The first kappa shape index (κ1) is 25.2. The third-order valence-corrected chi connectivity index (χ3v) is 7.82. The van der Waals surface area contributed by atoms with Gasteiger partial charge in [0.05, 0.1) is 16.1 Å². The molecule has 2 heterocycles. The second-order valence-corrected chi connectivity index (χ2v) is 11.7. The van der Waals surface area contributed by atoms with Gasteiger partial charge in [-0.15, -0.1) is 4.72 Å². The standard InChI is InChI=1S/C24H31Cl2N3O2S/c1-5-14-31-21-16-20(26)19(25)15-18(21)23(28-32(30)24(2,3)4)17-9-12-29(13-10-17)22-8-6-7-11-27-22/h5-8,11,15-17,23,28H,1,9-10,12-14H2,2-4H3. The average molecular weight is 497 g/mol. The molecule has 3 rings (SSSR count). The number of benzene rings is 1. The van der Waals surface area contributed by atoms with Crippen LogP contribution in [0.1, 0.15) is 45.2 Å². The monoisotopic (exact) mass is 495 g/mol. The summed E-state index contributed by atoms with van der Waals surface area (Å²) in [4.78, 5) is 6.77. The van der Waals surface area contributed by atoms with Gasteiger partial charge in [0.25, 0.3) is 0 Å². The van der Waals surface area contributed by atoms with Crippen molar-refractivity contribution >= 4 is 40.4 Å². The van der Waals surface area contributed by atoms with Crippen molar-refractivity contribution in [2.75, 3.05) is 24.6 Å². The molecule has 32 heavy (non-hydrogen) atoms. The van der Waals surface area contributed by atoms with E-state index in [9.17, 15) is 4.55 Å². The Morgan fingerprint density at radius 1 is 1.28 bits per heavy atom. The number of rotatable bonds is 8. The summed E-state index contributed by atoms with van der Waals surface area (Å²) in [6.45, 7) is 11.7. The molecule has 0 aliphatic carbocycles. The van der Waals surface area contributed by atoms with Crippen LogP contribution >= 0.6 is 23.2 Å². The maximum absolute atomic E-state index is 13.1. The van der Waals surface area contributed by atoms with E-state index in [0.717, 1.165) is 37.3 Å². The largest absolute Gasteiger partial charge is 0.598 e. The number of anilines is 1. The number of hydrogen-bond acceptors (Lipinski definition) is 5. The molecule has 1 aliphatic heterocycles. The van der Waals surface area contributed by atoms with Crippen LogP contribution in [0.5, 0.6) is 5.75 Å². The minimum Gasteiger partial charge on any atom is -0.598 e. The molecule has 5 nitrogen and oxygen atoms in total. The third kappa shape index (κ3) is 6.33. The third-order valence-electron chi connectivity index (χ3n) is 5.52. The minimum atomic E-state index is -1.27. The van der Waals surface area contributed by atoms with Gasteiger partial charge in [0.2, 0.25) is 0 Å². The van der Waals surface area contributed by atoms with E-state index in [0.29, 0.717) is 22.4 Å². The van der Waals surface area contributed by atoms with Crippen LogP contribution < -0.4 is 14.4 Å². The van der Waals surface area contributed by atoms with Crippen LogP contribution in [-0.4, -0.2) is 34.0 Å². The molecule has 1 saturated heterocycles. The lowest BCUT2D eigenvalue weighted by molar-refractivity contribution is 0.306. The Morgan fingerprint density at radius 2 is 1.97 bits per heavy atom. The lowest BCUT2D eigenvalue weighted by atomic mass is 9.85. The summed E-state index contributed by atoms with van der Waals surface area (Å²) in [6.07, 6.45) is 5.33. The summed E-state index contributed by atoms with van der Waals surface area (Å²) in [5.41, 5.74) is 0.870. The van der Waals surface area contributed by atoms with E-state index in [-0.39, 0.29) is 12.0 Å². The van der Waals surface area contributed by atoms with E-state index in [1.54, 1.807) is 12.1 Å². The van der Waals surface area contributed by atoms with Gasteiger partial charge in [-0.2, -0.15) is 0 Å². The van der Waals surface area contributed by atoms with Crippen LogP contribution in [0, 0.1) is 5.92 Å². The van der Waals surface area contributed by atoms with Crippen molar-refractivity contribution in [2.45, 2.75) is 44.4 Å². The summed E-state index contributed by atoms with van der Waals surface area (Å²) >= 11 is 11.4. The smallest absolute Gasteiger partial charge is 0.136 e. The first-order chi connectivity index (χ1) is 15.2. The molecule has 2 aromatic rings. The minimum absolute atomic E-state index is 0.199. The number of ether oxygens (including phenoxy) is 1. The quantitative estimate of drug-likeness (QED) is 0.361. The fraction of sp³-hybridized carbons (Fsp3) is 0.458. The first-order valence-corrected chi connectivity index (χ1v) is 12.7. The molecule has 174 valence electrons. The van der Waals surface area contributed by atoms with Crippen molar-refractivity contribution in [2.24, 2.45) is 5.92 Å². The van der Waals surface area contributed by atoms with Gasteiger partial charge in [0, 0.05) is 42.3 Å². The van der Waals surface area contributed by atoms with Gasteiger partial charge in [0.1, 0.15) is 22.9 Å². The maximum atomic E-state index is 13.1. The summed E-state index contributed by atoms with van der Waals surface area (Å²) in [5, 5.41) is 0.877. The predicted molar refractivity (Wildman–Crippen MR) is 135 cm³/mol. The van der Waals surface area contributed by atoms with Gasteiger partial charge < -0.3 is 14.2 Å². The van der Waals surface area contributed by atoms with E-state index >= 15 is 0 Å². The van der Waals surface area contributed by atoms with E-state index in [2.05, 4.69) is 21.2 Å². The Morgan fingerprint density at radius 3 is 2.56 bits per heavy atom. The molecule has 1 aromatic carbocycles. The highest BCUT2D eigenvalue weighted by atomic mass is 35.5. The van der Waals surface area contributed by atoms with Gasteiger partial charge in [-0.05, 0) is 57.7 Å². The van der Waals surface area contributed by atoms with Gasteiger partial charge in [-0.1, -0.05) is 41.9 Å². The lowest BCUT2D eigenvalue weighted by Gasteiger charge is -2.38. The van der Waals surface area contributed by atoms with E-state index in [1.807, 2.05) is 51.2 Å². The summed E-state index contributed by atoms with van der Waals surface area (Å²) in [7, 11) is 0. The molecule has 1 aliphatic rings. The molecule has 1 fully saturated rings. The molecule has 0 radical (unpaired) electrons. The summed E-state index contributed by atoms with van der Waals surface area (Å²) < 4.78 is 22.0. The van der Waals surface area contributed by atoms with E-state index in [4.69, 9.17) is 27.9 Å². The molecule has 2 unspecified atom stereocenters. The number of nitrogens with zero attached hydrogens (tertiary/aromatic N) is 2. The van der Waals surface area contributed by atoms with E-state index < -0.39 is 16.1 Å². The predicted octanol–water partition coefficient (Wildman–Crippen LogP) is 5.96. The number of aromatic nitrogens is 1. The van der Waals surface area contributed by atoms with Gasteiger partial charge in [0.15, 0.2) is 0 Å². The van der Waals surface area contributed by atoms with Crippen molar-refractivity contribution < 1.29 is 9.29 Å². The van der Waals surface area contributed by atoms with Crippen LogP contribution in [0.4, 0.5) is 5.82 Å². The van der Waals surface area contributed by atoms with Crippen molar-refractivity contribution in [1.82, 2.24) is 9.71 Å². The van der Waals surface area contributed by atoms with Crippen LogP contribution in [0.25, 0.3) is 0 Å². The fourth-order valence-electron chi connectivity index (χ4n) is 3.77. The van der Waals surface area contributed by atoms with Gasteiger partial charge in [-0.25, -0.2) is 4.98 Å². The fourth-order valence-corrected chi connectivity index (χ4v) is 5.00. The zero-order valence-electron chi connectivity index (χ0n) is 18.8. The van der Waals surface area contributed by atoms with Crippen molar-refractivity contribution in [3.63, 3.8) is 0 Å². The number of nitrogens with one attached hydrogen (secondary N) is 1. The first-order valence-electron chi connectivity index (χ1n) is 10.8. The molecular formula is C24H31Cl2N3O2S. The topological polar surface area (TPSA) is 60.4 Å². The van der Waals surface area contributed by atoms with Crippen molar-refractivity contribution in [3.8, 4) is 5.75 Å². The molecule has 0 saturated carbocycles. The molecular weight excluding hydrogens is 465 g/mol. The van der Waals surface area contributed by atoms with Crippen LogP contribution in [0.2, 0.25) is 10.0 Å². The Bertz CT molecular complexity index is 900. The molecule has 1 N–H and O–H groups in total. The highest BCUT2D eigenvalue weighted by Gasteiger charge is 2.37. The van der Waals surface area contributed by atoms with E-state index in [1.165, 1.54) is 0 Å². The van der Waals surface area contributed by atoms with Crippen LogP contribution in [0.15, 0.2) is 49.2 Å². The Balaban J connectivity index is 1.90. The molecule has 0 bridgehead atoms. The second kappa shape index (κ2) is 11.1. The van der Waals surface area contributed by atoms with Crippen molar-refractivity contribution in [1.29, 1.82) is 0 Å². The number of piperidine rings is 1. The SMILES string of the molecule is C=CCOc1cc(Cl)c(Cl)cc1C(N[S+]([O-])C(C)(C)C)C1CCN(c2ccccn2)CC1. The summed E-state index contributed by atoms with van der Waals surface area (Å²) in [5.74, 6) is 1.86. The van der Waals surface area contributed by atoms with Crippen LogP contribution in [0.3, 0.4) is 0 Å². The molecule has 2 atom stereocenters. The summed E-state index contributed by atoms with van der Waals surface area (Å²) in [6, 6.07) is 9.34. The zero-order valence-corrected chi connectivity index (χ0v) is 21.1. The number of hydrogen-bond donors (Lipinski definition) is 1. The van der Waals surface area contributed by atoms with Gasteiger partial charge >= 0.3 is 0 Å². The molecule has 1 aromatic heterocycles. The van der Waals surface area contributed by atoms with Gasteiger partial charge in [-0.3, -0.25) is 0 Å². The highest BCUT2D eigenvalue weighted by Crippen LogP contribution is 2.41. The second-order valence-electron chi connectivity index (χ2n) is 8.89. The zero-order chi connectivity index (χ0) is 23.3. The number of pyridine rings is 1. The lowest BCUT2D eigenvalue weighted by Crippen LogP contribution is -2.46. The average Bonchev–Trinajstić information content (AvgIpc) is 2.78.